The van der Waals surface area contributed by atoms with Crippen molar-refractivity contribution in [3.63, 3.8) is 0 Å². The summed E-state index contributed by atoms with van der Waals surface area (Å²) in [5.74, 6) is -1.79. The molecule has 0 aliphatic rings. The molecule has 3 aromatic carbocycles. The molecule has 0 unspecified atom stereocenters. The van der Waals surface area contributed by atoms with Crippen LogP contribution in [0, 0.1) is 6.92 Å². The molecule has 0 atom stereocenters. The smallest absolute Gasteiger partial charge is 0.337 e. The van der Waals surface area contributed by atoms with Crippen LogP contribution in [0.4, 0.5) is 5.69 Å². The molecule has 3 aromatic rings. The largest absolute Gasteiger partial charge is 0.465 e. The van der Waals surface area contributed by atoms with Crippen LogP contribution >= 0.6 is 12.2 Å². The van der Waals surface area contributed by atoms with Crippen molar-refractivity contribution in [3.05, 3.63) is 101 Å². The van der Waals surface area contributed by atoms with E-state index in [2.05, 4.69) is 26.2 Å². The first-order chi connectivity index (χ1) is 16.8. The number of ether oxygens (including phenoxy) is 1. The third kappa shape index (κ3) is 6.71. The van der Waals surface area contributed by atoms with Gasteiger partial charge >= 0.3 is 5.97 Å². The average Bonchev–Trinajstić information content (AvgIpc) is 2.87. The summed E-state index contributed by atoms with van der Waals surface area (Å²) in [5.41, 5.74) is 7.66. The van der Waals surface area contributed by atoms with Gasteiger partial charge in [0.05, 0.1) is 12.7 Å². The molecule has 4 N–H and O–H groups in total. The number of benzene rings is 3. The minimum absolute atomic E-state index is 0.123. The third-order valence-electron chi connectivity index (χ3n) is 4.88. The van der Waals surface area contributed by atoms with Gasteiger partial charge < -0.3 is 10.1 Å². The van der Waals surface area contributed by atoms with E-state index in [0.717, 1.165) is 5.56 Å². The zero-order chi connectivity index (χ0) is 25.4. The van der Waals surface area contributed by atoms with E-state index in [4.69, 9.17) is 12.2 Å². The molecule has 0 heterocycles. The van der Waals surface area contributed by atoms with E-state index in [1.165, 1.54) is 43.5 Å². The number of hydrogen-bond donors (Lipinski definition) is 4. The molecular formula is C25H22N4O5S. The Balaban J connectivity index is 1.49. The van der Waals surface area contributed by atoms with E-state index in [1.807, 2.05) is 19.1 Å². The molecule has 0 saturated carbocycles. The van der Waals surface area contributed by atoms with E-state index in [0.29, 0.717) is 22.4 Å². The maximum absolute atomic E-state index is 12.4. The van der Waals surface area contributed by atoms with Gasteiger partial charge in [-0.05, 0) is 79.3 Å². The number of nitrogens with one attached hydrogen (secondary N) is 4. The van der Waals surface area contributed by atoms with E-state index in [1.54, 1.807) is 24.3 Å². The van der Waals surface area contributed by atoms with Gasteiger partial charge in [-0.15, -0.1) is 0 Å². The molecule has 10 heteroatoms. The molecule has 0 aliphatic carbocycles. The fourth-order valence-corrected chi connectivity index (χ4v) is 3.14. The van der Waals surface area contributed by atoms with Crippen molar-refractivity contribution in [2.24, 2.45) is 0 Å². The lowest BCUT2D eigenvalue weighted by Crippen LogP contribution is -2.48. The molecule has 0 aromatic heterocycles. The number of carbonyl (C=O) groups is 4. The van der Waals surface area contributed by atoms with Crippen LogP contribution in [0.1, 0.15) is 47.0 Å². The van der Waals surface area contributed by atoms with Gasteiger partial charge in [-0.2, -0.15) is 0 Å². The Morgan fingerprint density at radius 2 is 1.29 bits per heavy atom. The van der Waals surface area contributed by atoms with Crippen molar-refractivity contribution >= 4 is 46.7 Å². The molecule has 0 bridgehead atoms. The lowest BCUT2D eigenvalue weighted by molar-refractivity contribution is 0.0600. The van der Waals surface area contributed by atoms with Gasteiger partial charge in [0.25, 0.3) is 17.7 Å². The molecule has 9 nitrogen and oxygen atoms in total. The van der Waals surface area contributed by atoms with Gasteiger partial charge in [0.2, 0.25) is 0 Å². The molecule has 0 fully saturated rings. The molecule has 0 spiro atoms. The molecule has 0 aliphatic heterocycles. The molecule has 178 valence electrons. The summed E-state index contributed by atoms with van der Waals surface area (Å²) in [6, 6.07) is 19.3. The monoisotopic (exact) mass is 490 g/mol. The summed E-state index contributed by atoms with van der Waals surface area (Å²) >= 11 is 5.03. The summed E-state index contributed by atoms with van der Waals surface area (Å²) < 4.78 is 4.61. The lowest BCUT2D eigenvalue weighted by Gasteiger charge is -2.12. The highest BCUT2D eigenvalue weighted by Gasteiger charge is 2.12. The predicted molar refractivity (Wildman–Crippen MR) is 134 cm³/mol. The fourth-order valence-electron chi connectivity index (χ4n) is 3.00. The summed E-state index contributed by atoms with van der Waals surface area (Å²) in [5, 5.41) is 5.08. The predicted octanol–water partition coefficient (Wildman–Crippen LogP) is 2.98. The van der Waals surface area contributed by atoms with Gasteiger partial charge in [0, 0.05) is 22.4 Å². The van der Waals surface area contributed by atoms with E-state index in [-0.39, 0.29) is 16.6 Å². The minimum atomic E-state index is -0.526. The molecular weight excluding hydrogens is 468 g/mol. The lowest BCUT2D eigenvalue weighted by atomic mass is 10.1. The van der Waals surface area contributed by atoms with E-state index < -0.39 is 17.8 Å². The van der Waals surface area contributed by atoms with Crippen molar-refractivity contribution in [2.75, 3.05) is 12.4 Å². The molecule has 3 amide bonds. The standard InChI is InChI=1S/C25H22N4O5S/c1-15-5-3-4-6-20(15)23(32)26-19-13-11-17(12-14-19)22(31)28-29-25(35)27-21(30)16-7-9-18(10-8-16)24(33)34-2/h3-14H,1-2H3,(H,26,32)(H,28,31)(H2,27,29,30,35). The first-order valence-electron chi connectivity index (χ1n) is 10.4. The highest BCUT2D eigenvalue weighted by atomic mass is 32.1. The van der Waals surface area contributed by atoms with Gasteiger partial charge in [-0.3, -0.25) is 30.6 Å². The van der Waals surface area contributed by atoms with Crippen molar-refractivity contribution in [2.45, 2.75) is 6.92 Å². The maximum Gasteiger partial charge on any atom is 0.337 e. The SMILES string of the molecule is COC(=O)c1ccc(C(=O)NC(=S)NNC(=O)c2ccc(NC(=O)c3ccccc3C)cc2)cc1. The normalized spacial score (nSPS) is 10.0. The summed E-state index contributed by atoms with van der Waals surface area (Å²) in [4.78, 5) is 48.5. The Kier molecular flexibility index (Phi) is 8.25. The number of thiocarbonyl (C=S) groups is 1. The average molecular weight is 491 g/mol. The number of rotatable bonds is 5. The van der Waals surface area contributed by atoms with Crippen molar-refractivity contribution in [3.8, 4) is 0 Å². The third-order valence-corrected chi connectivity index (χ3v) is 5.08. The van der Waals surface area contributed by atoms with Crippen LogP contribution in [0.5, 0.6) is 0 Å². The van der Waals surface area contributed by atoms with E-state index >= 15 is 0 Å². The zero-order valence-corrected chi connectivity index (χ0v) is 19.7. The minimum Gasteiger partial charge on any atom is -0.465 e. The van der Waals surface area contributed by atoms with Crippen LogP contribution in [-0.2, 0) is 4.74 Å². The highest BCUT2D eigenvalue weighted by Crippen LogP contribution is 2.13. The number of hydrogen-bond acceptors (Lipinski definition) is 6. The molecule has 35 heavy (non-hydrogen) atoms. The number of aryl methyl sites for hydroxylation is 1. The first-order valence-corrected chi connectivity index (χ1v) is 10.8. The highest BCUT2D eigenvalue weighted by molar-refractivity contribution is 7.80. The first kappa shape index (κ1) is 25.1. The Labute approximate surface area is 206 Å². The number of hydrazine groups is 1. The van der Waals surface area contributed by atoms with Crippen LogP contribution in [0.25, 0.3) is 0 Å². The van der Waals surface area contributed by atoms with Crippen LogP contribution in [0.2, 0.25) is 0 Å². The number of methoxy groups -OCH3 is 1. The maximum atomic E-state index is 12.4. The Morgan fingerprint density at radius 3 is 1.91 bits per heavy atom. The van der Waals surface area contributed by atoms with Crippen LogP contribution in [0.15, 0.2) is 72.8 Å². The topological polar surface area (TPSA) is 126 Å². The van der Waals surface area contributed by atoms with Gasteiger partial charge in [0.1, 0.15) is 0 Å². The number of anilines is 1. The van der Waals surface area contributed by atoms with Crippen LogP contribution in [-0.4, -0.2) is 35.9 Å². The Hall–Kier alpha value is -4.57. The molecule has 3 rings (SSSR count). The number of carbonyl (C=O) groups excluding carboxylic acids is 4. The van der Waals surface area contributed by atoms with Crippen molar-refractivity contribution in [1.29, 1.82) is 0 Å². The number of esters is 1. The zero-order valence-electron chi connectivity index (χ0n) is 18.9. The van der Waals surface area contributed by atoms with Gasteiger partial charge in [0.15, 0.2) is 5.11 Å². The van der Waals surface area contributed by atoms with Gasteiger partial charge in [-0.25, -0.2) is 4.79 Å². The fraction of sp³-hybridized carbons (Fsp3) is 0.0800. The second-order valence-electron chi connectivity index (χ2n) is 7.28. The summed E-state index contributed by atoms with van der Waals surface area (Å²) in [7, 11) is 1.26. The van der Waals surface area contributed by atoms with Crippen molar-refractivity contribution in [1.82, 2.24) is 16.2 Å². The number of amides is 3. The second kappa shape index (κ2) is 11.5. The molecule has 0 saturated heterocycles. The van der Waals surface area contributed by atoms with Crippen molar-refractivity contribution < 1.29 is 23.9 Å². The summed E-state index contributed by atoms with van der Waals surface area (Å²) in [6.07, 6.45) is 0. The molecule has 0 radical (unpaired) electrons. The second-order valence-corrected chi connectivity index (χ2v) is 7.69. The Bertz CT molecular complexity index is 1270. The van der Waals surface area contributed by atoms with Gasteiger partial charge in [-0.1, -0.05) is 18.2 Å². The summed E-state index contributed by atoms with van der Waals surface area (Å²) in [6.45, 7) is 1.85. The quantitative estimate of drug-likeness (QED) is 0.246. The van der Waals surface area contributed by atoms with Crippen LogP contribution in [0.3, 0.4) is 0 Å². The van der Waals surface area contributed by atoms with E-state index in [9.17, 15) is 19.2 Å². The van der Waals surface area contributed by atoms with Crippen LogP contribution < -0.4 is 21.5 Å². The Morgan fingerprint density at radius 1 is 0.714 bits per heavy atom.